The Bertz CT molecular complexity index is 560. The smallest absolute Gasteiger partial charge is 0.277 e. The molecule has 0 radical (unpaired) electrons. The van der Waals surface area contributed by atoms with Gasteiger partial charge in [0.1, 0.15) is 11.8 Å². The maximum Gasteiger partial charge on any atom is 0.277 e. The highest BCUT2D eigenvalue weighted by Crippen LogP contribution is 2.16. The molecule has 1 amide bonds. The summed E-state index contributed by atoms with van der Waals surface area (Å²) in [4.78, 5) is 11.7. The Kier molecular flexibility index (Phi) is 3.83. The van der Waals surface area contributed by atoms with Gasteiger partial charge in [0.15, 0.2) is 12.3 Å². The lowest BCUT2D eigenvalue weighted by Crippen LogP contribution is -2.12. The van der Waals surface area contributed by atoms with Gasteiger partial charge in [-0.3, -0.25) is 4.79 Å². The van der Waals surface area contributed by atoms with Gasteiger partial charge in [-0.1, -0.05) is 4.49 Å². The molecule has 1 aromatic carbocycles. The quantitative estimate of drug-likeness (QED) is 0.903. The van der Waals surface area contributed by atoms with Gasteiger partial charge >= 0.3 is 0 Å². The summed E-state index contributed by atoms with van der Waals surface area (Å²) in [5, 5.41) is 16.3. The first-order valence-electron chi connectivity index (χ1n) is 4.98. The summed E-state index contributed by atoms with van der Waals surface area (Å²) in [6, 6.07) is 8.59. The Labute approximate surface area is 107 Å². The Morgan fingerprint density at radius 1 is 1.44 bits per heavy atom. The second kappa shape index (κ2) is 5.75. The molecule has 18 heavy (non-hydrogen) atoms. The number of rotatable bonds is 4. The number of nitriles is 1. The van der Waals surface area contributed by atoms with Crippen LogP contribution in [0.25, 0.3) is 0 Å². The van der Waals surface area contributed by atoms with Crippen molar-refractivity contribution in [2.75, 3.05) is 11.9 Å². The average Bonchev–Trinajstić information content (AvgIpc) is 2.92. The summed E-state index contributed by atoms with van der Waals surface area (Å²) < 4.78 is 8.71. The molecule has 1 N–H and O–H groups in total. The van der Waals surface area contributed by atoms with Crippen molar-refractivity contribution in [2.24, 2.45) is 0 Å². The van der Waals surface area contributed by atoms with Gasteiger partial charge in [0.2, 0.25) is 0 Å². The number of carbonyl (C=O) groups excluding carboxylic acids is 1. The minimum atomic E-state index is -0.311. The minimum Gasteiger partial charge on any atom is -0.479 e. The maximum atomic E-state index is 11.7. The van der Waals surface area contributed by atoms with Crippen LogP contribution in [0.1, 0.15) is 10.5 Å². The largest absolute Gasteiger partial charge is 0.479 e. The number of hydrogen-bond acceptors (Lipinski definition) is 6. The Morgan fingerprint density at radius 3 is 2.83 bits per heavy atom. The van der Waals surface area contributed by atoms with E-state index >= 15 is 0 Å². The van der Waals surface area contributed by atoms with E-state index in [-0.39, 0.29) is 18.2 Å². The third-order valence-electron chi connectivity index (χ3n) is 2.01. The van der Waals surface area contributed by atoms with Crippen molar-refractivity contribution in [2.45, 2.75) is 0 Å². The predicted octanol–water partition coefficient (Wildman–Crippen LogP) is 1.69. The van der Waals surface area contributed by atoms with Crippen LogP contribution < -0.4 is 10.1 Å². The van der Waals surface area contributed by atoms with Gasteiger partial charge in [-0.25, -0.2) is 0 Å². The molecule has 0 aliphatic rings. The van der Waals surface area contributed by atoms with Crippen molar-refractivity contribution in [3.05, 3.63) is 35.3 Å². The van der Waals surface area contributed by atoms with Crippen molar-refractivity contribution >= 4 is 23.1 Å². The third kappa shape index (κ3) is 3.02. The summed E-state index contributed by atoms with van der Waals surface area (Å²) in [5.74, 6) is 0.263. The lowest BCUT2D eigenvalue weighted by Gasteiger charge is -2.04. The van der Waals surface area contributed by atoms with Crippen LogP contribution in [0.5, 0.6) is 5.75 Å². The lowest BCUT2D eigenvalue weighted by atomic mass is 10.3. The standard InChI is InChI=1S/C11H8N4O2S/c12-5-6-17-9-3-1-8(2-4-9)13-11(16)10-7-18-15-14-10/h1-4,7H,6H2,(H,13,16). The molecule has 6 nitrogen and oxygen atoms in total. The summed E-state index contributed by atoms with van der Waals surface area (Å²) in [7, 11) is 0. The van der Waals surface area contributed by atoms with Crippen LogP contribution in [0.3, 0.4) is 0 Å². The van der Waals surface area contributed by atoms with E-state index < -0.39 is 0 Å². The number of carbonyl (C=O) groups is 1. The zero-order chi connectivity index (χ0) is 12.8. The molecular formula is C11H8N4O2S. The van der Waals surface area contributed by atoms with Crippen LogP contribution in [-0.2, 0) is 0 Å². The van der Waals surface area contributed by atoms with E-state index in [1.54, 1.807) is 29.6 Å². The summed E-state index contributed by atoms with van der Waals surface area (Å²) >= 11 is 1.12. The fourth-order valence-corrected chi connectivity index (χ4v) is 1.65. The minimum absolute atomic E-state index is 0.00377. The number of hydrogen-bond donors (Lipinski definition) is 1. The molecule has 0 atom stereocenters. The molecule has 2 rings (SSSR count). The van der Waals surface area contributed by atoms with Gasteiger partial charge < -0.3 is 10.1 Å². The molecule has 0 aliphatic heterocycles. The van der Waals surface area contributed by atoms with Crippen molar-refractivity contribution in [1.82, 2.24) is 9.59 Å². The molecule has 1 heterocycles. The van der Waals surface area contributed by atoms with E-state index in [1.807, 2.05) is 6.07 Å². The van der Waals surface area contributed by atoms with Crippen LogP contribution in [-0.4, -0.2) is 22.1 Å². The van der Waals surface area contributed by atoms with Crippen LogP contribution in [0.2, 0.25) is 0 Å². The van der Waals surface area contributed by atoms with Gasteiger partial charge in [0.05, 0.1) is 0 Å². The second-order valence-corrected chi connectivity index (χ2v) is 3.83. The first-order valence-corrected chi connectivity index (χ1v) is 5.81. The fourth-order valence-electron chi connectivity index (χ4n) is 1.21. The molecule has 7 heteroatoms. The number of benzene rings is 1. The monoisotopic (exact) mass is 260 g/mol. The summed E-state index contributed by atoms with van der Waals surface area (Å²) in [5.41, 5.74) is 0.905. The molecule has 0 bridgehead atoms. The number of ether oxygens (including phenoxy) is 1. The predicted molar refractivity (Wildman–Crippen MR) is 65.4 cm³/mol. The van der Waals surface area contributed by atoms with Gasteiger partial charge in [0.25, 0.3) is 5.91 Å². The highest BCUT2D eigenvalue weighted by molar-refractivity contribution is 7.03. The van der Waals surface area contributed by atoms with Gasteiger partial charge in [-0.2, -0.15) is 5.26 Å². The highest BCUT2D eigenvalue weighted by atomic mass is 32.1. The van der Waals surface area contributed by atoms with Crippen molar-refractivity contribution in [3.63, 3.8) is 0 Å². The van der Waals surface area contributed by atoms with Crippen LogP contribution in [0, 0.1) is 11.3 Å². The van der Waals surface area contributed by atoms with E-state index in [0.717, 1.165) is 11.5 Å². The highest BCUT2D eigenvalue weighted by Gasteiger charge is 2.08. The molecule has 90 valence electrons. The molecular weight excluding hydrogens is 252 g/mol. The Hall–Kier alpha value is -2.46. The fraction of sp³-hybridized carbons (Fsp3) is 0.0909. The molecule has 1 aromatic heterocycles. The van der Waals surface area contributed by atoms with Crippen LogP contribution in [0.15, 0.2) is 29.6 Å². The molecule has 2 aromatic rings. The number of amides is 1. The first kappa shape index (κ1) is 12.0. The van der Waals surface area contributed by atoms with E-state index in [2.05, 4.69) is 14.9 Å². The van der Waals surface area contributed by atoms with E-state index in [9.17, 15) is 4.79 Å². The van der Waals surface area contributed by atoms with Crippen LogP contribution >= 0.6 is 11.5 Å². The summed E-state index contributed by atoms with van der Waals surface area (Å²) in [6.45, 7) is -0.00377. The number of aromatic nitrogens is 2. The topological polar surface area (TPSA) is 87.9 Å². The lowest BCUT2D eigenvalue weighted by molar-refractivity contribution is 0.102. The van der Waals surface area contributed by atoms with Crippen LogP contribution in [0.4, 0.5) is 5.69 Å². The van der Waals surface area contributed by atoms with E-state index in [4.69, 9.17) is 10.00 Å². The second-order valence-electron chi connectivity index (χ2n) is 3.22. The SMILES string of the molecule is N#CCOc1ccc(NC(=O)c2csnn2)cc1. The Balaban J connectivity index is 1.98. The van der Waals surface area contributed by atoms with Crippen molar-refractivity contribution in [1.29, 1.82) is 5.26 Å². The van der Waals surface area contributed by atoms with E-state index in [0.29, 0.717) is 11.4 Å². The average molecular weight is 260 g/mol. The normalized spacial score (nSPS) is 9.50. The molecule has 0 fully saturated rings. The zero-order valence-electron chi connectivity index (χ0n) is 9.16. The van der Waals surface area contributed by atoms with Gasteiger partial charge in [-0.05, 0) is 35.8 Å². The van der Waals surface area contributed by atoms with Gasteiger partial charge in [-0.15, -0.1) is 5.10 Å². The zero-order valence-corrected chi connectivity index (χ0v) is 9.98. The van der Waals surface area contributed by atoms with Crippen molar-refractivity contribution in [3.8, 4) is 11.8 Å². The first-order chi connectivity index (χ1) is 8.79. The van der Waals surface area contributed by atoms with E-state index in [1.165, 1.54) is 0 Å². The number of nitrogens with zero attached hydrogens (tertiary/aromatic N) is 3. The molecule has 0 unspecified atom stereocenters. The van der Waals surface area contributed by atoms with Crippen molar-refractivity contribution < 1.29 is 9.53 Å². The molecule has 0 aliphatic carbocycles. The maximum absolute atomic E-state index is 11.7. The number of nitrogens with one attached hydrogen (secondary N) is 1. The molecule has 0 spiro atoms. The summed E-state index contributed by atoms with van der Waals surface area (Å²) in [6.07, 6.45) is 0. The third-order valence-corrected chi connectivity index (χ3v) is 2.51. The molecule has 0 saturated heterocycles. The number of anilines is 1. The Morgan fingerprint density at radius 2 is 2.22 bits per heavy atom. The van der Waals surface area contributed by atoms with Gasteiger partial charge in [0, 0.05) is 11.1 Å². The molecule has 0 saturated carbocycles.